The molecule has 1 fully saturated rings. The molecule has 1 aromatic carbocycles. The molecule has 22 heavy (non-hydrogen) atoms. The van der Waals surface area contributed by atoms with Gasteiger partial charge < -0.3 is 15.4 Å². The summed E-state index contributed by atoms with van der Waals surface area (Å²) >= 11 is 5.79. The summed E-state index contributed by atoms with van der Waals surface area (Å²) in [6, 6.07) is 4.89. The number of carbonyl (C=O) groups excluding carboxylic acids is 2. The zero-order valence-electron chi connectivity index (χ0n) is 12.8. The maximum atomic E-state index is 12.3. The van der Waals surface area contributed by atoms with Crippen LogP contribution in [0.4, 0.5) is 5.69 Å². The summed E-state index contributed by atoms with van der Waals surface area (Å²) in [6.45, 7) is 3.77. The molecule has 6 heteroatoms. The van der Waals surface area contributed by atoms with E-state index >= 15 is 0 Å². The Morgan fingerprint density at radius 1 is 1.32 bits per heavy atom. The van der Waals surface area contributed by atoms with Crippen LogP contribution in [0.2, 0.25) is 5.02 Å². The van der Waals surface area contributed by atoms with Gasteiger partial charge in [0.2, 0.25) is 0 Å². The number of piperidine rings is 1. The molecular weight excluding hydrogens is 304 g/mol. The SMILES string of the molecule is CC1CCCC(C)N1C(=O)COC(=O)c1ccc(Cl)cc1N. The Labute approximate surface area is 135 Å². The Hall–Kier alpha value is -1.75. The number of rotatable bonds is 3. The summed E-state index contributed by atoms with van der Waals surface area (Å²) in [7, 11) is 0. The van der Waals surface area contributed by atoms with Gasteiger partial charge in [-0.25, -0.2) is 4.79 Å². The maximum Gasteiger partial charge on any atom is 0.340 e. The number of hydrogen-bond donors (Lipinski definition) is 1. The van der Waals surface area contributed by atoms with Crippen molar-refractivity contribution in [3.8, 4) is 0 Å². The van der Waals surface area contributed by atoms with E-state index in [2.05, 4.69) is 0 Å². The van der Waals surface area contributed by atoms with Crippen LogP contribution in [0.25, 0.3) is 0 Å². The van der Waals surface area contributed by atoms with Gasteiger partial charge in [-0.15, -0.1) is 0 Å². The quantitative estimate of drug-likeness (QED) is 0.685. The normalized spacial score (nSPS) is 21.5. The second kappa shape index (κ2) is 7.01. The van der Waals surface area contributed by atoms with E-state index in [9.17, 15) is 9.59 Å². The minimum Gasteiger partial charge on any atom is -0.452 e. The van der Waals surface area contributed by atoms with Crippen molar-refractivity contribution < 1.29 is 14.3 Å². The van der Waals surface area contributed by atoms with Crippen molar-refractivity contribution in [3.63, 3.8) is 0 Å². The van der Waals surface area contributed by atoms with Gasteiger partial charge in [0.25, 0.3) is 5.91 Å². The van der Waals surface area contributed by atoms with E-state index in [4.69, 9.17) is 22.1 Å². The van der Waals surface area contributed by atoms with Gasteiger partial charge in [0.1, 0.15) is 0 Å². The highest BCUT2D eigenvalue weighted by molar-refractivity contribution is 6.31. The maximum absolute atomic E-state index is 12.3. The third-order valence-corrected chi connectivity index (χ3v) is 4.28. The number of nitrogens with two attached hydrogens (primary N) is 1. The number of nitrogen functional groups attached to an aromatic ring is 1. The third kappa shape index (κ3) is 3.71. The number of anilines is 1. The van der Waals surface area contributed by atoms with Crippen LogP contribution in [0.15, 0.2) is 18.2 Å². The summed E-state index contributed by atoms with van der Waals surface area (Å²) in [4.78, 5) is 26.1. The average Bonchev–Trinajstić information content (AvgIpc) is 2.44. The van der Waals surface area contributed by atoms with Crippen LogP contribution in [-0.2, 0) is 9.53 Å². The molecule has 1 amide bonds. The second-order valence-electron chi connectivity index (χ2n) is 5.74. The fourth-order valence-corrected chi connectivity index (χ4v) is 3.09. The van der Waals surface area contributed by atoms with Crippen molar-refractivity contribution in [1.82, 2.24) is 4.90 Å². The van der Waals surface area contributed by atoms with Gasteiger partial charge in [-0.2, -0.15) is 0 Å². The van der Waals surface area contributed by atoms with Crippen LogP contribution < -0.4 is 5.73 Å². The minimum atomic E-state index is -0.611. The molecule has 0 radical (unpaired) electrons. The van der Waals surface area contributed by atoms with Crippen molar-refractivity contribution >= 4 is 29.2 Å². The predicted octanol–water partition coefficient (Wildman–Crippen LogP) is 2.87. The Bertz CT molecular complexity index is 567. The fraction of sp³-hybridized carbons (Fsp3) is 0.500. The van der Waals surface area contributed by atoms with Crippen LogP contribution in [0.1, 0.15) is 43.5 Å². The van der Waals surface area contributed by atoms with Crippen LogP contribution >= 0.6 is 11.6 Å². The third-order valence-electron chi connectivity index (χ3n) is 4.04. The Morgan fingerprint density at radius 2 is 1.95 bits per heavy atom. The van der Waals surface area contributed by atoms with Gasteiger partial charge in [-0.3, -0.25) is 4.79 Å². The molecule has 0 aromatic heterocycles. The molecule has 2 N–H and O–H groups in total. The van der Waals surface area contributed by atoms with Crippen molar-refractivity contribution in [2.75, 3.05) is 12.3 Å². The molecule has 5 nitrogen and oxygen atoms in total. The molecule has 2 atom stereocenters. The molecule has 0 saturated carbocycles. The zero-order chi connectivity index (χ0) is 16.3. The van der Waals surface area contributed by atoms with Crippen molar-refractivity contribution in [2.24, 2.45) is 0 Å². The van der Waals surface area contributed by atoms with Gasteiger partial charge in [0.05, 0.1) is 5.56 Å². The lowest BCUT2D eigenvalue weighted by molar-refractivity contribution is -0.140. The first kappa shape index (κ1) is 16.6. The summed E-state index contributed by atoms with van der Waals surface area (Å²) in [6.07, 6.45) is 3.08. The monoisotopic (exact) mass is 324 g/mol. The molecule has 0 bridgehead atoms. The zero-order valence-corrected chi connectivity index (χ0v) is 13.6. The van der Waals surface area contributed by atoms with Gasteiger partial charge in [-0.05, 0) is 51.3 Å². The van der Waals surface area contributed by atoms with E-state index in [1.807, 2.05) is 18.7 Å². The van der Waals surface area contributed by atoms with Gasteiger partial charge in [-0.1, -0.05) is 11.6 Å². The lowest BCUT2D eigenvalue weighted by atomic mass is 9.97. The largest absolute Gasteiger partial charge is 0.452 e. The molecule has 1 aliphatic rings. The summed E-state index contributed by atoms with van der Waals surface area (Å²) in [5, 5.41) is 0.445. The van der Waals surface area contributed by atoms with Crippen LogP contribution in [0.3, 0.4) is 0 Å². The van der Waals surface area contributed by atoms with Gasteiger partial charge in [0.15, 0.2) is 6.61 Å². The lowest BCUT2D eigenvalue weighted by Gasteiger charge is -2.38. The number of amides is 1. The van der Waals surface area contributed by atoms with E-state index in [-0.39, 0.29) is 35.8 Å². The second-order valence-corrected chi connectivity index (χ2v) is 6.17. The first-order valence-corrected chi connectivity index (χ1v) is 7.81. The molecule has 0 aliphatic carbocycles. The summed E-state index contributed by atoms with van der Waals surface area (Å²) < 4.78 is 5.11. The Morgan fingerprint density at radius 3 is 2.55 bits per heavy atom. The molecule has 1 saturated heterocycles. The topological polar surface area (TPSA) is 72.6 Å². The highest BCUT2D eigenvalue weighted by atomic mass is 35.5. The fourth-order valence-electron chi connectivity index (χ4n) is 2.91. The van der Waals surface area contributed by atoms with E-state index in [0.29, 0.717) is 5.02 Å². The van der Waals surface area contributed by atoms with Gasteiger partial charge >= 0.3 is 5.97 Å². The number of likely N-dealkylation sites (tertiary alicyclic amines) is 1. The summed E-state index contributed by atoms with van der Waals surface area (Å²) in [5.41, 5.74) is 6.19. The number of esters is 1. The number of nitrogens with zero attached hydrogens (tertiary/aromatic N) is 1. The number of benzene rings is 1. The first-order chi connectivity index (χ1) is 10.4. The van der Waals surface area contributed by atoms with Crippen molar-refractivity contribution in [1.29, 1.82) is 0 Å². The minimum absolute atomic E-state index is 0.166. The first-order valence-electron chi connectivity index (χ1n) is 7.43. The van der Waals surface area contributed by atoms with Gasteiger partial charge in [0, 0.05) is 22.8 Å². The molecule has 0 spiro atoms. The molecule has 2 rings (SSSR count). The van der Waals surface area contributed by atoms with E-state index in [1.54, 1.807) is 6.07 Å². The molecule has 1 aliphatic heterocycles. The molecular formula is C16H21ClN2O3. The number of hydrogen-bond acceptors (Lipinski definition) is 4. The highest BCUT2D eigenvalue weighted by Gasteiger charge is 2.29. The number of carbonyl (C=O) groups is 2. The van der Waals surface area contributed by atoms with E-state index in [0.717, 1.165) is 19.3 Å². The van der Waals surface area contributed by atoms with Crippen LogP contribution in [0.5, 0.6) is 0 Å². The summed E-state index contributed by atoms with van der Waals surface area (Å²) in [5.74, 6) is -0.777. The number of halogens is 1. The predicted molar refractivity (Wildman–Crippen MR) is 85.8 cm³/mol. The highest BCUT2D eigenvalue weighted by Crippen LogP contribution is 2.23. The van der Waals surface area contributed by atoms with Crippen LogP contribution in [0, 0.1) is 0 Å². The van der Waals surface area contributed by atoms with Crippen molar-refractivity contribution in [3.05, 3.63) is 28.8 Å². The van der Waals surface area contributed by atoms with E-state index in [1.165, 1.54) is 12.1 Å². The molecule has 2 unspecified atom stereocenters. The number of ether oxygens (including phenoxy) is 1. The molecule has 1 heterocycles. The molecule has 120 valence electrons. The van der Waals surface area contributed by atoms with E-state index < -0.39 is 5.97 Å². The van der Waals surface area contributed by atoms with Crippen molar-refractivity contribution in [2.45, 2.75) is 45.2 Å². The lowest BCUT2D eigenvalue weighted by Crippen LogP contribution is -2.49. The smallest absolute Gasteiger partial charge is 0.340 e. The average molecular weight is 325 g/mol. The van der Waals surface area contributed by atoms with Crippen LogP contribution in [-0.4, -0.2) is 35.5 Å². The Balaban J connectivity index is 1.97. The Kier molecular flexibility index (Phi) is 5.29. The molecule has 1 aromatic rings. The standard InChI is InChI=1S/C16H21ClN2O3/c1-10-4-3-5-11(2)19(10)15(20)9-22-16(21)13-7-6-12(17)8-14(13)18/h6-8,10-11H,3-5,9,18H2,1-2H3.